The van der Waals surface area contributed by atoms with Gasteiger partial charge in [0.05, 0.1) is 23.1 Å². The third-order valence-electron chi connectivity index (χ3n) is 6.37. The van der Waals surface area contributed by atoms with Gasteiger partial charge in [-0.1, -0.05) is 18.6 Å². The van der Waals surface area contributed by atoms with Gasteiger partial charge in [0.15, 0.2) is 0 Å². The lowest BCUT2D eigenvalue weighted by atomic mass is 9.95. The van der Waals surface area contributed by atoms with E-state index in [0.717, 1.165) is 19.3 Å². The number of aromatic hydroxyl groups is 1. The zero-order valence-corrected chi connectivity index (χ0v) is 20.2. The molecule has 2 heterocycles. The fraction of sp³-hybridized carbons (Fsp3) is 0.360. The van der Waals surface area contributed by atoms with Gasteiger partial charge in [-0.2, -0.15) is 4.31 Å². The Morgan fingerprint density at radius 1 is 1.00 bits per heavy atom. The molecule has 1 amide bonds. The number of piperidine rings is 1. The number of hydrogen-bond donors (Lipinski definition) is 2. The van der Waals surface area contributed by atoms with Crippen molar-refractivity contribution in [1.29, 1.82) is 0 Å². The van der Waals surface area contributed by atoms with E-state index in [1.54, 1.807) is 12.1 Å². The maximum Gasteiger partial charge on any atom is 0.295 e. The van der Waals surface area contributed by atoms with Crippen LogP contribution in [0, 0.1) is 0 Å². The van der Waals surface area contributed by atoms with Crippen molar-refractivity contribution in [2.45, 2.75) is 30.2 Å². The number of amides is 1. The summed E-state index contributed by atoms with van der Waals surface area (Å²) in [5.74, 6) is -2.00. The fourth-order valence-corrected chi connectivity index (χ4v) is 6.02. The zero-order valence-electron chi connectivity index (χ0n) is 19.4. The van der Waals surface area contributed by atoms with E-state index in [0.29, 0.717) is 18.7 Å². The van der Waals surface area contributed by atoms with Gasteiger partial charge in [-0.25, -0.2) is 8.42 Å². The minimum Gasteiger partial charge on any atom is -0.508 e. The largest absolute Gasteiger partial charge is 0.508 e. The Morgan fingerprint density at radius 2 is 1.63 bits per heavy atom. The first-order valence-corrected chi connectivity index (χ1v) is 12.9. The van der Waals surface area contributed by atoms with Crippen LogP contribution in [0.1, 0.15) is 36.4 Å². The Hall–Kier alpha value is -3.21. The van der Waals surface area contributed by atoms with E-state index in [1.807, 2.05) is 0 Å². The predicted octanol–water partition coefficient (Wildman–Crippen LogP) is 2.63. The number of ether oxygens (including phenoxy) is 1. The van der Waals surface area contributed by atoms with Crippen LogP contribution in [0.15, 0.2) is 59.0 Å². The van der Waals surface area contributed by atoms with E-state index >= 15 is 0 Å². The summed E-state index contributed by atoms with van der Waals surface area (Å²) in [6.07, 6.45) is 2.64. The molecule has 0 aromatic heterocycles. The van der Waals surface area contributed by atoms with Crippen molar-refractivity contribution >= 4 is 27.5 Å². The SMILES string of the molecule is COCCN1C(=O)C(=O)C(=C(O)c2ccc(S(=O)(=O)N3CCCCC3)cc2)[C@@H]1c1ccc(O)cc1. The molecular weight excluding hydrogens is 472 g/mol. The van der Waals surface area contributed by atoms with Crippen molar-refractivity contribution in [3.8, 4) is 5.75 Å². The molecule has 0 unspecified atom stereocenters. The van der Waals surface area contributed by atoms with Crippen LogP contribution in [0.2, 0.25) is 0 Å². The van der Waals surface area contributed by atoms with Gasteiger partial charge in [0.25, 0.3) is 11.7 Å². The van der Waals surface area contributed by atoms with Crippen molar-refractivity contribution in [2.75, 3.05) is 33.4 Å². The molecule has 9 nitrogen and oxygen atoms in total. The Balaban J connectivity index is 1.73. The first-order valence-electron chi connectivity index (χ1n) is 11.4. The number of benzene rings is 2. The van der Waals surface area contributed by atoms with Crippen molar-refractivity contribution in [2.24, 2.45) is 0 Å². The van der Waals surface area contributed by atoms with E-state index < -0.39 is 33.5 Å². The molecule has 35 heavy (non-hydrogen) atoms. The molecule has 0 aliphatic carbocycles. The molecule has 0 bridgehead atoms. The Bertz CT molecular complexity index is 1230. The highest BCUT2D eigenvalue weighted by molar-refractivity contribution is 7.89. The number of phenolic OH excluding ortho intramolecular Hbond substituents is 1. The molecule has 2 aliphatic heterocycles. The van der Waals surface area contributed by atoms with E-state index in [9.17, 15) is 28.2 Å². The molecule has 2 aromatic carbocycles. The zero-order chi connectivity index (χ0) is 25.2. The third-order valence-corrected chi connectivity index (χ3v) is 8.28. The summed E-state index contributed by atoms with van der Waals surface area (Å²) in [5, 5.41) is 20.8. The maximum atomic E-state index is 13.0. The smallest absolute Gasteiger partial charge is 0.295 e. The minimum absolute atomic E-state index is 0.0214. The van der Waals surface area contributed by atoms with E-state index in [1.165, 1.54) is 52.7 Å². The lowest BCUT2D eigenvalue weighted by molar-refractivity contribution is -0.140. The first-order chi connectivity index (χ1) is 16.8. The highest BCUT2D eigenvalue weighted by atomic mass is 32.2. The normalized spacial score (nSPS) is 20.9. The molecule has 0 spiro atoms. The second-order valence-corrected chi connectivity index (χ2v) is 10.5. The van der Waals surface area contributed by atoms with Gasteiger partial charge in [-0.05, 0) is 54.8 Å². The number of phenols is 1. The van der Waals surface area contributed by atoms with Crippen molar-refractivity contribution < 1.29 is 33.0 Å². The summed E-state index contributed by atoms with van der Waals surface area (Å²) < 4.78 is 32.4. The first kappa shape index (κ1) is 24.9. The van der Waals surface area contributed by atoms with Crippen molar-refractivity contribution in [3.63, 3.8) is 0 Å². The minimum atomic E-state index is -3.65. The second kappa shape index (κ2) is 10.2. The van der Waals surface area contributed by atoms with Crippen molar-refractivity contribution in [1.82, 2.24) is 9.21 Å². The summed E-state index contributed by atoms with van der Waals surface area (Å²) in [6.45, 7) is 1.25. The van der Waals surface area contributed by atoms with Crippen LogP contribution in [0.4, 0.5) is 0 Å². The number of rotatable bonds is 7. The molecule has 10 heteroatoms. The van der Waals surface area contributed by atoms with Crippen LogP contribution in [0.5, 0.6) is 5.75 Å². The molecule has 2 aliphatic rings. The van der Waals surface area contributed by atoms with Crippen LogP contribution in [-0.4, -0.2) is 72.9 Å². The number of likely N-dealkylation sites (tertiary alicyclic amines) is 1. The molecule has 2 saturated heterocycles. The monoisotopic (exact) mass is 500 g/mol. The molecule has 2 fully saturated rings. The van der Waals surface area contributed by atoms with E-state index in [2.05, 4.69) is 0 Å². The average Bonchev–Trinajstić information content (AvgIpc) is 3.13. The van der Waals surface area contributed by atoms with E-state index in [4.69, 9.17) is 4.74 Å². The summed E-state index contributed by atoms with van der Waals surface area (Å²) in [4.78, 5) is 27.2. The lowest BCUT2D eigenvalue weighted by Crippen LogP contribution is -2.35. The number of hydrogen-bond acceptors (Lipinski definition) is 7. The van der Waals surface area contributed by atoms with Crippen LogP contribution >= 0.6 is 0 Å². The van der Waals surface area contributed by atoms with Crippen LogP contribution in [0.25, 0.3) is 5.76 Å². The van der Waals surface area contributed by atoms with Gasteiger partial charge in [0.1, 0.15) is 11.5 Å². The number of carbonyl (C=O) groups excluding carboxylic acids is 2. The average molecular weight is 501 g/mol. The van der Waals surface area contributed by atoms with Gasteiger partial charge >= 0.3 is 0 Å². The number of nitrogens with zero attached hydrogens (tertiary/aromatic N) is 2. The maximum absolute atomic E-state index is 13.0. The highest BCUT2D eigenvalue weighted by Gasteiger charge is 2.45. The summed E-state index contributed by atoms with van der Waals surface area (Å²) in [5.41, 5.74) is 0.642. The van der Waals surface area contributed by atoms with Gasteiger partial charge < -0.3 is 19.8 Å². The van der Waals surface area contributed by atoms with Crippen LogP contribution < -0.4 is 0 Å². The standard InChI is InChI=1S/C25H28N2O7S/c1-34-16-15-27-22(17-5-9-19(28)10-6-17)21(24(30)25(27)31)23(29)18-7-11-20(12-8-18)35(32,33)26-13-3-2-4-14-26/h5-12,22,28-29H,2-4,13-16H2,1H3/t22-/m0/s1. The molecule has 4 rings (SSSR count). The Kier molecular flexibility index (Phi) is 7.25. The van der Waals surface area contributed by atoms with Gasteiger partial charge in [-0.3, -0.25) is 9.59 Å². The summed E-state index contributed by atoms with van der Waals surface area (Å²) in [6, 6.07) is 10.8. The quantitative estimate of drug-likeness (QED) is 0.340. The topological polar surface area (TPSA) is 124 Å². The number of aliphatic hydroxyl groups excluding tert-OH is 1. The predicted molar refractivity (Wildman–Crippen MR) is 128 cm³/mol. The number of carbonyl (C=O) groups is 2. The second-order valence-electron chi connectivity index (χ2n) is 8.57. The number of methoxy groups -OCH3 is 1. The Morgan fingerprint density at radius 3 is 2.23 bits per heavy atom. The van der Waals surface area contributed by atoms with Crippen LogP contribution in [0.3, 0.4) is 0 Å². The number of aliphatic hydroxyl groups is 1. The van der Waals surface area contributed by atoms with Gasteiger partial charge in [-0.15, -0.1) is 0 Å². The summed E-state index contributed by atoms with van der Waals surface area (Å²) in [7, 11) is -2.17. The molecular formula is C25H28N2O7S. The van der Waals surface area contributed by atoms with E-state index in [-0.39, 0.29) is 34.9 Å². The lowest BCUT2D eigenvalue weighted by Gasteiger charge is -2.26. The highest BCUT2D eigenvalue weighted by Crippen LogP contribution is 2.39. The molecule has 1 atom stereocenters. The van der Waals surface area contributed by atoms with Gasteiger partial charge in [0.2, 0.25) is 10.0 Å². The number of sulfonamides is 1. The molecule has 0 radical (unpaired) electrons. The third kappa shape index (κ3) is 4.82. The van der Waals surface area contributed by atoms with Crippen LogP contribution in [-0.2, 0) is 24.3 Å². The number of ketones is 1. The molecule has 2 N–H and O–H groups in total. The number of Topliss-reactive ketones (excluding diaryl/α,β-unsaturated/α-hetero) is 1. The van der Waals surface area contributed by atoms with Gasteiger partial charge in [0, 0.05) is 32.3 Å². The van der Waals surface area contributed by atoms with Crippen molar-refractivity contribution in [3.05, 3.63) is 65.2 Å². The molecule has 2 aromatic rings. The Labute approximate surface area is 204 Å². The molecule has 0 saturated carbocycles. The fourth-order valence-electron chi connectivity index (χ4n) is 4.50. The molecule has 186 valence electrons. The summed E-state index contributed by atoms with van der Waals surface area (Å²) >= 11 is 0.